The summed E-state index contributed by atoms with van der Waals surface area (Å²) in [5.74, 6) is 0.790. The molecule has 2 nitrogen and oxygen atoms in total. The summed E-state index contributed by atoms with van der Waals surface area (Å²) >= 11 is 2.33. The summed E-state index contributed by atoms with van der Waals surface area (Å²) in [7, 11) is 0. The van der Waals surface area contributed by atoms with Crippen LogP contribution < -0.4 is 10.6 Å². The van der Waals surface area contributed by atoms with Crippen molar-refractivity contribution < 1.29 is 0 Å². The van der Waals surface area contributed by atoms with Crippen LogP contribution in [0.5, 0.6) is 0 Å². The zero-order chi connectivity index (χ0) is 10.5. The Morgan fingerprint density at radius 2 is 2.13 bits per heavy atom. The summed E-state index contributed by atoms with van der Waals surface area (Å²) in [5, 5.41) is 6.94. The molecular formula is C12H17IN2. The maximum absolute atomic E-state index is 3.50. The zero-order valence-electron chi connectivity index (χ0n) is 8.80. The first-order valence-corrected chi connectivity index (χ1v) is 6.62. The molecule has 0 aromatic heterocycles. The van der Waals surface area contributed by atoms with Gasteiger partial charge in [0.15, 0.2) is 0 Å². The largest absolute Gasteiger partial charge is 0.385 e. The second-order valence-corrected chi connectivity index (χ2v) is 5.35. The van der Waals surface area contributed by atoms with Gasteiger partial charge >= 0.3 is 0 Å². The summed E-state index contributed by atoms with van der Waals surface area (Å²) in [6.45, 7) is 3.45. The van der Waals surface area contributed by atoms with E-state index in [-0.39, 0.29) is 0 Å². The van der Waals surface area contributed by atoms with E-state index in [9.17, 15) is 0 Å². The Hall–Kier alpha value is -0.290. The zero-order valence-corrected chi connectivity index (χ0v) is 11.0. The van der Waals surface area contributed by atoms with E-state index in [1.165, 1.54) is 28.6 Å². The predicted octanol–water partition coefficient (Wildman–Crippen LogP) is 2.70. The van der Waals surface area contributed by atoms with E-state index in [2.05, 4.69) is 57.5 Å². The van der Waals surface area contributed by atoms with Gasteiger partial charge in [0.25, 0.3) is 0 Å². The van der Waals surface area contributed by atoms with Gasteiger partial charge in [0, 0.05) is 15.8 Å². The number of halogens is 1. The molecule has 1 heterocycles. The number of rotatable bonds is 3. The standard InChI is InChI=1S/C12H17IN2/c13-11-3-5-12(6-4-11)15-9-10-2-1-7-14-8-10/h3-6,10,14-15H,1-2,7-9H2. The van der Waals surface area contributed by atoms with Crippen LogP contribution in [0.2, 0.25) is 0 Å². The van der Waals surface area contributed by atoms with Crippen LogP contribution >= 0.6 is 22.6 Å². The first-order valence-electron chi connectivity index (χ1n) is 5.55. The van der Waals surface area contributed by atoms with E-state index in [1.54, 1.807) is 0 Å². The quantitative estimate of drug-likeness (QED) is 0.838. The molecule has 1 aromatic rings. The summed E-state index contributed by atoms with van der Waals surface area (Å²) in [6, 6.07) is 8.58. The van der Waals surface area contributed by atoms with Crippen molar-refractivity contribution in [2.45, 2.75) is 12.8 Å². The van der Waals surface area contributed by atoms with Crippen LogP contribution in [0.4, 0.5) is 5.69 Å². The number of nitrogens with one attached hydrogen (secondary N) is 2. The van der Waals surface area contributed by atoms with Crippen LogP contribution in [0.3, 0.4) is 0 Å². The van der Waals surface area contributed by atoms with Crippen molar-refractivity contribution in [1.82, 2.24) is 5.32 Å². The van der Waals surface area contributed by atoms with Crippen molar-refractivity contribution >= 4 is 28.3 Å². The van der Waals surface area contributed by atoms with E-state index < -0.39 is 0 Å². The third kappa shape index (κ3) is 3.65. The SMILES string of the molecule is Ic1ccc(NCC2CCCNC2)cc1. The van der Waals surface area contributed by atoms with Gasteiger partial charge in [-0.1, -0.05) is 0 Å². The highest BCUT2D eigenvalue weighted by Crippen LogP contribution is 2.14. The highest BCUT2D eigenvalue weighted by Gasteiger charge is 2.11. The minimum atomic E-state index is 0.790. The molecule has 0 spiro atoms. The summed E-state index contributed by atoms with van der Waals surface area (Å²) in [6.07, 6.45) is 2.67. The predicted molar refractivity (Wildman–Crippen MR) is 73.2 cm³/mol. The van der Waals surface area contributed by atoms with Crippen LogP contribution in [0, 0.1) is 9.49 Å². The molecule has 1 aromatic carbocycles. The van der Waals surface area contributed by atoms with Crippen molar-refractivity contribution in [3.8, 4) is 0 Å². The molecule has 1 saturated heterocycles. The van der Waals surface area contributed by atoms with Crippen molar-refractivity contribution in [2.24, 2.45) is 5.92 Å². The van der Waals surface area contributed by atoms with E-state index in [0.717, 1.165) is 19.0 Å². The molecule has 2 rings (SSSR count). The number of benzene rings is 1. The van der Waals surface area contributed by atoms with E-state index in [1.807, 2.05) is 0 Å². The fourth-order valence-corrected chi connectivity index (χ4v) is 2.29. The molecule has 0 aliphatic carbocycles. The van der Waals surface area contributed by atoms with Gasteiger partial charge in [-0.25, -0.2) is 0 Å². The lowest BCUT2D eigenvalue weighted by Gasteiger charge is -2.23. The molecule has 1 aliphatic rings. The molecule has 1 aliphatic heterocycles. The van der Waals surface area contributed by atoms with E-state index in [0.29, 0.717) is 0 Å². The van der Waals surface area contributed by atoms with Crippen molar-refractivity contribution in [1.29, 1.82) is 0 Å². The van der Waals surface area contributed by atoms with Gasteiger partial charge in [0.2, 0.25) is 0 Å². The molecule has 0 saturated carbocycles. The van der Waals surface area contributed by atoms with Crippen LogP contribution in [0.25, 0.3) is 0 Å². The maximum atomic E-state index is 3.50. The summed E-state index contributed by atoms with van der Waals surface area (Å²) in [4.78, 5) is 0. The molecule has 1 unspecified atom stereocenters. The summed E-state index contributed by atoms with van der Waals surface area (Å²) < 4.78 is 1.29. The van der Waals surface area contributed by atoms with Gasteiger partial charge in [0.05, 0.1) is 0 Å². The Balaban J connectivity index is 1.79. The first-order chi connectivity index (χ1) is 7.34. The summed E-state index contributed by atoms with van der Waals surface area (Å²) in [5.41, 5.74) is 1.24. The Bertz CT molecular complexity index is 291. The lowest BCUT2D eigenvalue weighted by Crippen LogP contribution is -2.33. The molecule has 0 radical (unpaired) electrons. The Kier molecular flexibility index (Phi) is 4.26. The van der Waals surface area contributed by atoms with Gasteiger partial charge < -0.3 is 10.6 Å². The number of hydrogen-bond acceptors (Lipinski definition) is 2. The van der Waals surface area contributed by atoms with Crippen LogP contribution in [-0.4, -0.2) is 19.6 Å². The first kappa shape index (κ1) is 11.2. The number of anilines is 1. The fraction of sp³-hybridized carbons (Fsp3) is 0.500. The van der Waals surface area contributed by atoms with Crippen molar-refractivity contribution in [3.05, 3.63) is 27.8 Å². The average Bonchev–Trinajstić information content (AvgIpc) is 2.30. The molecule has 1 atom stereocenters. The van der Waals surface area contributed by atoms with Gasteiger partial charge in [-0.15, -0.1) is 0 Å². The third-order valence-electron chi connectivity index (χ3n) is 2.84. The van der Waals surface area contributed by atoms with E-state index >= 15 is 0 Å². The van der Waals surface area contributed by atoms with Gasteiger partial charge in [-0.05, 0) is 78.7 Å². The number of piperidine rings is 1. The molecule has 0 amide bonds. The smallest absolute Gasteiger partial charge is 0.0340 e. The van der Waals surface area contributed by atoms with Crippen LogP contribution in [0.1, 0.15) is 12.8 Å². The molecule has 1 fully saturated rings. The molecule has 2 N–H and O–H groups in total. The van der Waals surface area contributed by atoms with Crippen LogP contribution in [-0.2, 0) is 0 Å². The second kappa shape index (κ2) is 5.70. The van der Waals surface area contributed by atoms with Gasteiger partial charge in [-0.3, -0.25) is 0 Å². The topological polar surface area (TPSA) is 24.1 Å². The third-order valence-corrected chi connectivity index (χ3v) is 3.56. The molecule has 15 heavy (non-hydrogen) atoms. The maximum Gasteiger partial charge on any atom is 0.0340 e. The Morgan fingerprint density at radius 3 is 2.80 bits per heavy atom. The number of hydrogen-bond donors (Lipinski definition) is 2. The second-order valence-electron chi connectivity index (χ2n) is 4.10. The monoisotopic (exact) mass is 316 g/mol. The molecule has 3 heteroatoms. The van der Waals surface area contributed by atoms with E-state index in [4.69, 9.17) is 0 Å². The highest BCUT2D eigenvalue weighted by molar-refractivity contribution is 14.1. The van der Waals surface area contributed by atoms with Gasteiger partial charge in [0.1, 0.15) is 0 Å². The Labute approximate surface area is 105 Å². The molecule has 82 valence electrons. The minimum absolute atomic E-state index is 0.790. The van der Waals surface area contributed by atoms with Crippen molar-refractivity contribution in [2.75, 3.05) is 25.0 Å². The molecule has 0 bridgehead atoms. The highest BCUT2D eigenvalue weighted by atomic mass is 127. The minimum Gasteiger partial charge on any atom is -0.385 e. The fourth-order valence-electron chi connectivity index (χ4n) is 1.93. The lowest BCUT2D eigenvalue weighted by atomic mass is 10.00. The molecular weight excluding hydrogens is 299 g/mol. The van der Waals surface area contributed by atoms with Gasteiger partial charge in [-0.2, -0.15) is 0 Å². The lowest BCUT2D eigenvalue weighted by molar-refractivity contribution is 0.393. The van der Waals surface area contributed by atoms with Crippen molar-refractivity contribution in [3.63, 3.8) is 0 Å². The Morgan fingerprint density at radius 1 is 1.33 bits per heavy atom. The normalized spacial score (nSPS) is 21.3. The average molecular weight is 316 g/mol. The van der Waals surface area contributed by atoms with Crippen LogP contribution in [0.15, 0.2) is 24.3 Å².